The van der Waals surface area contributed by atoms with Gasteiger partial charge >= 0.3 is 6.18 Å². The number of nitrogens with zero attached hydrogens (tertiary/aromatic N) is 1. The third-order valence-electron chi connectivity index (χ3n) is 3.50. The standard InChI is InChI=1S/C19H21F3N2O2/c1-24(12-15-6-3-2-4-7-15)13-18(25)23-11-16-8-5-9-17(10-16)26-14-19(20,21)22/h2-10H,11-14H2,1H3,(H,23,25). The first-order chi connectivity index (χ1) is 12.3. The topological polar surface area (TPSA) is 41.6 Å². The second kappa shape index (κ2) is 9.24. The molecule has 0 spiro atoms. The van der Waals surface area contributed by atoms with Crippen LogP contribution in [-0.2, 0) is 17.9 Å². The van der Waals surface area contributed by atoms with Crippen LogP contribution in [0.15, 0.2) is 54.6 Å². The Labute approximate surface area is 150 Å². The molecule has 0 bridgehead atoms. The van der Waals surface area contributed by atoms with Gasteiger partial charge in [-0.05, 0) is 30.3 Å². The fourth-order valence-electron chi connectivity index (χ4n) is 2.36. The second-order valence-corrected chi connectivity index (χ2v) is 5.99. The first-order valence-electron chi connectivity index (χ1n) is 8.09. The summed E-state index contributed by atoms with van der Waals surface area (Å²) in [4.78, 5) is 13.9. The van der Waals surface area contributed by atoms with Crippen molar-refractivity contribution in [2.24, 2.45) is 0 Å². The van der Waals surface area contributed by atoms with Crippen LogP contribution in [-0.4, -0.2) is 37.2 Å². The van der Waals surface area contributed by atoms with E-state index in [2.05, 4.69) is 5.32 Å². The van der Waals surface area contributed by atoms with Gasteiger partial charge in [0.15, 0.2) is 6.61 Å². The number of alkyl halides is 3. The number of rotatable bonds is 8. The highest BCUT2D eigenvalue weighted by atomic mass is 19.4. The molecular weight excluding hydrogens is 345 g/mol. The zero-order valence-electron chi connectivity index (χ0n) is 14.4. The summed E-state index contributed by atoms with van der Waals surface area (Å²) in [6.45, 7) is -0.248. The minimum Gasteiger partial charge on any atom is -0.484 e. The Morgan fingerprint density at radius 2 is 1.77 bits per heavy atom. The van der Waals surface area contributed by atoms with Gasteiger partial charge in [0, 0.05) is 13.1 Å². The van der Waals surface area contributed by atoms with Crippen LogP contribution in [0.2, 0.25) is 0 Å². The van der Waals surface area contributed by atoms with Crippen molar-refractivity contribution in [2.75, 3.05) is 20.2 Å². The van der Waals surface area contributed by atoms with Gasteiger partial charge in [0.1, 0.15) is 5.75 Å². The van der Waals surface area contributed by atoms with Crippen LogP contribution in [0, 0.1) is 0 Å². The predicted octanol–water partition coefficient (Wildman–Crippen LogP) is 3.38. The lowest BCUT2D eigenvalue weighted by molar-refractivity contribution is -0.153. The number of nitrogens with one attached hydrogen (secondary N) is 1. The van der Waals surface area contributed by atoms with Crippen molar-refractivity contribution in [3.8, 4) is 5.75 Å². The third kappa shape index (κ3) is 7.57. The lowest BCUT2D eigenvalue weighted by Crippen LogP contribution is -2.34. The minimum atomic E-state index is -4.38. The van der Waals surface area contributed by atoms with Crippen LogP contribution in [0.1, 0.15) is 11.1 Å². The van der Waals surface area contributed by atoms with Crippen molar-refractivity contribution in [3.05, 3.63) is 65.7 Å². The summed E-state index contributed by atoms with van der Waals surface area (Å²) in [7, 11) is 1.85. The summed E-state index contributed by atoms with van der Waals surface area (Å²) in [5.41, 5.74) is 1.78. The number of carbonyl (C=O) groups excluding carboxylic acids is 1. The maximum Gasteiger partial charge on any atom is 0.422 e. The van der Waals surface area contributed by atoms with E-state index in [4.69, 9.17) is 4.74 Å². The van der Waals surface area contributed by atoms with E-state index in [0.29, 0.717) is 12.1 Å². The molecule has 1 N–H and O–H groups in total. The molecule has 0 aromatic heterocycles. The molecule has 2 aromatic rings. The first-order valence-corrected chi connectivity index (χ1v) is 8.09. The van der Waals surface area contributed by atoms with Crippen molar-refractivity contribution in [1.29, 1.82) is 0 Å². The van der Waals surface area contributed by atoms with Gasteiger partial charge in [-0.15, -0.1) is 0 Å². The molecule has 4 nitrogen and oxygen atoms in total. The predicted molar refractivity (Wildman–Crippen MR) is 92.6 cm³/mol. The van der Waals surface area contributed by atoms with Gasteiger partial charge in [0.05, 0.1) is 6.54 Å². The molecule has 0 aliphatic heterocycles. The van der Waals surface area contributed by atoms with Gasteiger partial charge in [-0.1, -0.05) is 42.5 Å². The molecule has 0 aliphatic carbocycles. The second-order valence-electron chi connectivity index (χ2n) is 5.99. The Balaban J connectivity index is 1.78. The summed E-state index contributed by atoms with van der Waals surface area (Å²) in [6, 6.07) is 16.0. The SMILES string of the molecule is CN(CC(=O)NCc1cccc(OCC(F)(F)F)c1)Cc1ccccc1. The van der Waals surface area contributed by atoms with E-state index in [9.17, 15) is 18.0 Å². The van der Waals surface area contributed by atoms with Crippen LogP contribution in [0.3, 0.4) is 0 Å². The summed E-state index contributed by atoms with van der Waals surface area (Å²) in [6.07, 6.45) is -4.38. The molecule has 0 aliphatic rings. The number of hydrogen-bond acceptors (Lipinski definition) is 3. The van der Waals surface area contributed by atoms with Gasteiger partial charge in [0.2, 0.25) is 5.91 Å². The molecule has 0 unspecified atom stereocenters. The van der Waals surface area contributed by atoms with E-state index < -0.39 is 12.8 Å². The summed E-state index contributed by atoms with van der Waals surface area (Å²) in [5.74, 6) is -0.0414. The number of ether oxygens (including phenoxy) is 1. The number of likely N-dealkylation sites (N-methyl/N-ethyl adjacent to an activating group) is 1. The summed E-state index contributed by atoms with van der Waals surface area (Å²) < 4.78 is 41.3. The van der Waals surface area contributed by atoms with E-state index in [0.717, 1.165) is 5.56 Å². The quantitative estimate of drug-likeness (QED) is 0.779. The van der Waals surface area contributed by atoms with E-state index in [1.54, 1.807) is 12.1 Å². The van der Waals surface area contributed by atoms with E-state index in [1.807, 2.05) is 42.3 Å². The highest BCUT2D eigenvalue weighted by Crippen LogP contribution is 2.19. The maximum absolute atomic E-state index is 12.2. The Morgan fingerprint density at radius 1 is 1.08 bits per heavy atom. The van der Waals surface area contributed by atoms with Gasteiger partial charge in [-0.3, -0.25) is 9.69 Å². The molecule has 2 rings (SSSR count). The molecule has 7 heteroatoms. The molecule has 1 amide bonds. The smallest absolute Gasteiger partial charge is 0.422 e. The Kier molecular flexibility index (Phi) is 7.03. The van der Waals surface area contributed by atoms with Crippen molar-refractivity contribution < 1.29 is 22.7 Å². The van der Waals surface area contributed by atoms with Crippen molar-refractivity contribution in [3.63, 3.8) is 0 Å². The highest BCUT2D eigenvalue weighted by molar-refractivity contribution is 5.77. The van der Waals surface area contributed by atoms with Crippen molar-refractivity contribution >= 4 is 5.91 Å². The van der Waals surface area contributed by atoms with E-state index in [-0.39, 0.29) is 24.7 Å². The zero-order valence-corrected chi connectivity index (χ0v) is 14.4. The number of benzene rings is 2. The first kappa shape index (κ1) is 19.8. The van der Waals surface area contributed by atoms with E-state index in [1.165, 1.54) is 12.1 Å². The molecule has 0 radical (unpaired) electrons. The minimum absolute atomic E-state index is 0.121. The van der Waals surface area contributed by atoms with Gasteiger partial charge in [-0.2, -0.15) is 13.2 Å². The number of amides is 1. The molecule has 2 aromatic carbocycles. The number of carbonyl (C=O) groups is 1. The lowest BCUT2D eigenvalue weighted by atomic mass is 10.2. The average molecular weight is 366 g/mol. The fraction of sp³-hybridized carbons (Fsp3) is 0.316. The lowest BCUT2D eigenvalue weighted by Gasteiger charge is -2.16. The summed E-state index contributed by atoms with van der Waals surface area (Å²) in [5, 5.41) is 2.76. The number of hydrogen-bond donors (Lipinski definition) is 1. The molecule has 26 heavy (non-hydrogen) atoms. The van der Waals surface area contributed by atoms with Gasteiger partial charge in [-0.25, -0.2) is 0 Å². The maximum atomic E-state index is 12.2. The Hall–Kier alpha value is -2.54. The van der Waals surface area contributed by atoms with Crippen LogP contribution in [0.25, 0.3) is 0 Å². The van der Waals surface area contributed by atoms with Gasteiger partial charge in [0.25, 0.3) is 0 Å². The fourth-order valence-corrected chi connectivity index (χ4v) is 2.36. The normalized spacial score (nSPS) is 11.4. The molecule has 0 saturated heterocycles. The molecular formula is C19H21F3N2O2. The van der Waals surface area contributed by atoms with Crippen molar-refractivity contribution in [2.45, 2.75) is 19.3 Å². The van der Waals surface area contributed by atoms with E-state index >= 15 is 0 Å². The zero-order chi connectivity index (χ0) is 19.0. The van der Waals surface area contributed by atoms with Crippen LogP contribution >= 0.6 is 0 Å². The van der Waals surface area contributed by atoms with Gasteiger partial charge < -0.3 is 10.1 Å². The summed E-state index contributed by atoms with van der Waals surface area (Å²) >= 11 is 0. The van der Waals surface area contributed by atoms with Crippen LogP contribution in [0.5, 0.6) is 5.75 Å². The molecule has 0 heterocycles. The highest BCUT2D eigenvalue weighted by Gasteiger charge is 2.28. The monoisotopic (exact) mass is 366 g/mol. The largest absolute Gasteiger partial charge is 0.484 e. The molecule has 140 valence electrons. The average Bonchev–Trinajstić information content (AvgIpc) is 2.59. The Bertz CT molecular complexity index is 705. The molecule has 0 saturated carbocycles. The Morgan fingerprint density at radius 3 is 2.46 bits per heavy atom. The third-order valence-corrected chi connectivity index (χ3v) is 3.50. The van der Waals surface area contributed by atoms with Crippen LogP contribution < -0.4 is 10.1 Å². The van der Waals surface area contributed by atoms with Crippen molar-refractivity contribution in [1.82, 2.24) is 10.2 Å². The number of halogens is 3. The molecule has 0 fully saturated rings. The van der Waals surface area contributed by atoms with Crippen LogP contribution in [0.4, 0.5) is 13.2 Å². The molecule has 0 atom stereocenters.